The highest BCUT2D eigenvalue weighted by molar-refractivity contribution is 7.93. The van der Waals surface area contributed by atoms with E-state index in [1.165, 1.54) is 29.5 Å². The summed E-state index contributed by atoms with van der Waals surface area (Å²) in [6, 6.07) is 13.0. The number of sulfonamides is 1. The normalized spacial score (nSPS) is 11.1. The van der Waals surface area contributed by atoms with Crippen LogP contribution in [0.2, 0.25) is 0 Å². The molecule has 146 valence electrons. The molecule has 0 spiro atoms. The van der Waals surface area contributed by atoms with Crippen molar-refractivity contribution in [2.24, 2.45) is 0 Å². The van der Waals surface area contributed by atoms with Crippen LogP contribution in [0.4, 0.5) is 10.8 Å². The molecule has 0 fully saturated rings. The molecule has 0 aliphatic carbocycles. The monoisotopic (exact) mass is 417 g/mol. The van der Waals surface area contributed by atoms with Gasteiger partial charge in [-0.2, -0.15) is 0 Å². The molecule has 9 heteroatoms. The Labute approximate surface area is 167 Å². The number of carbonyl (C=O) groups excluding carboxylic acids is 1. The molecule has 2 N–H and O–H groups in total. The number of ether oxygens (including phenoxy) is 1. The SMILES string of the molecule is CCOc1ccc(S(=O)(=O)Nc2nc(C)cs2)cc1NC(=O)c1ccccc1. The van der Waals surface area contributed by atoms with Gasteiger partial charge >= 0.3 is 0 Å². The van der Waals surface area contributed by atoms with Gasteiger partial charge in [-0.25, -0.2) is 13.4 Å². The molecule has 1 amide bonds. The Balaban J connectivity index is 1.91. The van der Waals surface area contributed by atoms with Gasteiger partial charge in [0.15, 0.2) is 5.13 Å². The number of hydrogen-bond acceptors (Lipinski definition) is 6. The van der Waals surface area contributed by atoms with Gasteiger partial charge in [0.05, 0.1) is 22.9 Å². The van der Waals surface area contributed by atoms with Crippen LogP contribution < -0.4 is 14.8 Å². The standard InChI is InChI=1S/C19H19N3O4S2/c1-3-26-17-10-9-15(28(24,25)22-19-20-13(2)12-27-19)11-16(17)21-18(23)14-7-5-4-6-8-14/h4-12H,3H2,1-2H3,(H,20,22)(H,21,23). The topological polar surface area (TPSA) is 97.4 Å². The summed E-state index contributed by atoms with van der Waals surface area (Å²) in [6.07, 6.45) is 0. The third kappa shape index (κ3) is 4.68. The van der Waals surface area contributed by atoms with Crippen LogP contribution in [0.1, 0.15) is 23.0 Å². The van der Waals surface area contributed by atoms with E-state index >= 15 is 0 Å². The van der Waals surface area contributed by atoms with E-state index in [2.05, 4.69) is 15.0 Å². The van der Waals surface area contributed by atoms with Crippen LogP contribution in [0.5, 0.6) is 5.75 Å². The van der Waals surface area contributed by atoms with Crippen LogP contribution in [0.15, 0.2) is 58.8 Å². The molecule has 0 atom stereocenters. The molecule has 3 rings (SSSR count). The van der Waals surface area contributed by atoms with Gasteiger partial charge in [-0.1, -0.05) is 18.2 Å². The Morgan fingerprint density at radius 3 is 2.57 bits per heavy atom. The van der Waals surface area contributed by atoms with Crippen LogP contribution in [-0.4, -0.2) is 25.9 Å². The Morgan fingerprint density at radius 1 is 1.18 bits per heavy atom. The van der Waals surface area contributed by atoms with Crippen molar-refractivity contribution in [2.75, 3.05) is 16.6 Å². The van der Waals surface area contributed by atoms with Crippen LogP contribution in [0.3, 0.4) is 0 Å². The molecule has 1 aromatic heterocycles. The third-order valence-electron chi connectivity index (χ3n) is 3.69. The molecule has 0 aliphatic rings. The smallest absolute Gasteiger partial charge is 0.263 e. The summed E-state index contributed by atoms with van der Waals surface area (Å²) in [5, 5.41) is 4.75. The summed E-state index contributed by atoms with van der Waals surface area (Å²) in [4.78, 5) is 16.6. The largest absolute Gasteiger partial charge is 0.492 e. The third-order valence-corrected chi connectivity index (χ3v) is 6.03. The molecule has 0 radical (unpaired) electrons. The molecular weight excluding hydrogens is 398 g/mol. The fraction of sp³-hybridized carbons (Fsp3) is 0.158. The fourth-order valence-electron chi connectivity index (χ4n) is 2.41. The number of aromatic nitrogens is 1. The molecule has 0 saturated carbocycles. The van der Waals surface area contributed by atoms with Gasteiger partial charge in [0.1, 0.15) is 5.75 Å². The molecule has 28 heavy (non-hydrogen) atoms. The summed E-state index contributed by atoms with van der Waals surface area (Å²) in [5.74, 6) is 0.0235. The molecule has 0 saturated heterocycles. The highest BCUT2D eigenvalue weighted by atomic mass is 32.2. The second-order valence-electron chi connectivity index (χ2n) is 5.81. The van der Waals surface area contributed by atoms with Gasteiger partial charge in [-0.05, 0) is 44.2 Å². The average molecular weight is 418 g/mol. The zero-order valence-electron chi connectivity index (χ0n) is 15.3. The Bertz CT molecular complexity index is 1080. The first-order valence-corrected chi connectivity index (χ1v) is 10.8. The molecule has 7 nitrogen and oxygen atoms in total. The first-order chi connectivity index (χ1) is 13.4. The van der Waals surface area contributed by atoms with Crippen molar-refractivity contribution in [3.63, 3.8) is 0 Å². The summed E-state index contributed by atoms with van der Waals surface area (Å²) in [6.45, 7) is 3.96. The van der Waals surface area contributed by atoms with Crippen LogP contribution >= 0.6 is 11.3 Å². The van der Waals surface area contributed by atoms with E-state index in [-0.39, 0.29) is 21.6 Å². The van der Waals surface area contributed by atoms with E-state index < -0.39 is 10.0 Å². The van der Waals surface area contributed by atoms with Gasteiger partial charge in [-0.15, -0.1) is 11.3 Å². The van der Waals surface area contributed by atoms with E-state index in [1.807, 2.05) is 6.07 Å². The average Bonchev–Trinajstić information content (AvgIpc) is 3.08. The minimum absolute atomic E-state index is 0.00725. The van der Waals surface area contributed by atoms with Gasteiger partial charge < -0.3 is 10.1 Å². The van der Waals surface area contributed by atoms with E-state index in [9.17, 15) is 13.2 Å². The first-order valence-electron chi connectivity index (χ1n) is 8.47. The Morgan fingerprint density at radius 2 is 1.93 bits per heavy atom. The predicted molar refractivity (Wildman–Crippen MR) is 110 cm³/mol. The molecule has 3 aromatic rings. The summed E-state index contributed by atoms with van der Waals surface area (Å²) in [7, 11) is -3.86. The van der Waals surface area contributed by atoms with Crippen molar-refractivity contribution < 1.29 is 17.9 Å². The van der Waals surface area contributed by atoms with E-state index in [1.54, 1.807) is 43.5 Å². The van der Waals surface area contributed by atoms with Crippen molar-refractivity contribution in [3.05, 3.63) is 65.2 Å². The maximum atomic E-state index is 12.7. The summed E-state index contributed by atoms with van der Waals surface area (Å²) >= 11 is 1.20. The number of anilines is 2. The predicted octanol–water partition coefficient (Wildman–Crippen LogP) is 3.90. The number of nitrogens with one attached hydrogen (secondary N) is 2. The number of thiazole rings is 1. The minimum atomic E-state index is -3.86. The number of hydrogen-bond donors (Lipinski definition) is 2. The zero-order chi connectivity index (χ0) is 20.1. The number of nitrogens with zero attached hydrogens (tertiary/aromatic N) is 1. The van der Waals surface area contributed by atoms with Crippen LogP contribution in [0.25, 0.3) is 0 Å². The number of aryl methyl sites for hydroxylation is 1. The lowest BCUT2D eigenvalue weighted by molar-refractivity contribution is 0.102. The molecule has 0 bridgehead atoms. The lowest BCUT2D eigenvalue weighted by Gasteiger charge is -2.14. The summed E-state index contributed by atoms with van der Waals surface area (Å²) in [5.41, 5.74) is 1.45. The quantitative estimate of drug-likeness (QED) is 0.608. The number of benzene rings is 2. The lowest BCUT2D eigenvalue weighted by Crippen LogP contribution is -2.16. The van der Waals surface area contributed by atoms with Crippen molar-refractivity contribution >= 4 is 38.1 Å². The lowest BCUT2D eigenvalue weighted by atomic mass is 10.2. The fourth-order valence-corrected chi connectivity index (χ4v) is 4.38. The minimum Gasteiger partial charge on any atom is -0.492 e. The first kappa shape index (κ1) is 19.8. The van der Waals surface area contributed by atoms with Gasteiger partial charge in [0, 0.05) is 10.9 Å². The molecule has 0 unspecified atom stereocenters. The number of amides is 1. The van der Waals surface area contributed by atoms with E-state index in [4.69, 9.17) is 4.74 Å². The maximum Gasteiger partial charge on any atom is 0.263 e. The second-order valence-corrected chi connectivity index (χ2v) is 8.35. The second kappa shape index (κ2) is 8.41. The number of carbonyl (C=O) groups is 1. The van der Waals surface area contributed by atoms with Gasteiger partial charge in [0.25, 0.3) is 15.9 Å². The van der Waals surface area contributed by atoms with Crippen molar-refractivity contribution in [3.8, 4) is 5.75 Å². The molecular formula is C19H19N3O4S2. The Hall–Kier alpha value is -2.91. The molecule has 0 aliphatic heterocycles. The van der Waals surface area contributed by atoms with Crippen molar-refractivity contribution in [2.45, 2.75) is 18.7 Å². The summed E-state index contributed by atoms with van der Waals surface area (Å²) < 4.78 is 33.3. The van der Waals surface area contributed by atoms with Gasteiger partial charge in [0.2, 0.25) is 0 Å². The highest BCUT2D eigenvalue weighted by Gasteiger charge is 2.19. The van der Waals surface area contributed by atoms with E-state index in [0.717, 1.165) is 5.69 Å². The zero-order valence-corrected chi connectivity index (χ0v) is 16.9. The molecule has 2 aromatic carbocycles. The molecule has 1 heterocycles. The van der Waals surface area contributed by atoms with Gasteiger partial charge in [-0.3, -0.25) is 9.52 Å². The maximum absolute atomic E-state index is 12.7. The van der Waals surface area contributed by atoms with Crippen molar-refractivity contribution in [1.82, 2.24) is 4.98 Å². The Kier molecular flexibility index (Phi) is 5.96. The van der Waals surface area contributed by atoms with E-state index in [0.29, 0.717) is 17.9 Å². The number of rotatable bonds is 7. The van der Waals surface area contributed by atoms with Crippen molar-refractivity contribution in [1.29, 1.82) is 0 Å². The van der Waals surface area contributed by atoms with Crippen LogP contribution in [-0.2, 0) is 10.0 Å². The van der Waals surface area contributed by atoms with Crippen LogP contribution in [0, 0.1) is 6.92 Å². The highest BCUT2D eigenvalue weighted by Crippen LogP contribution is 2.29.